The lowest BCUT2D eigenvalue weighted by atomic mass is 10.00. The third-order valence-electron chi connectivity index (χ3n) is 3.20. The van der Waals surface area contributed by atoms with Crippen molar-refractivity contribution in [3.05, 3.63) is 53.9 Å². The molecule has 4 heteroatoms. The third kappa shape index (κ3) is 2.16. The number of rotatable bonds is 2. The average Bonchev–Trinajstić information content (AvgIpc) is 2.80. The fraction of sp³-hybridized carbons (Fsp3) is 0.125. The van der Waals surface area contributed by atoms with Crippen LogP contribution in [-0.2, 0) is 0 Å². The van der Waals surface area contributed by atoms with Gasteiger partial charge in [-0.05, 0) is 31.5 Å². The van der Waals surface area contributed by atoms with Gasteiger partial charge < -0.3 is 10.3 Å². The minimum Gasteiger partial charge on any atom is -0.367 e. The standard InChI is InChI=1S/C16H15N3O/c1-10-4-3-5-12(8-10)14-15(19-20-16(14)17)13-6-7-18-11(2)9-13/h3-9H,17H2,1-2H3. The summed E-state index contributed by atoms with van der Waals surface area (Å²) in [6.45, 7) is 3.99. The summed E-state index contributed by atoms with van der Waals surface area (Å²) in [6, 6.07) is 12.0. The molecule has 0 saturated heterocycles. The van der Waals surface area contributed by atoms with E-state index < -0.39 is 0 Å². The molecule has 0 fully saturated rings. The maximum absolute atomic E-state index is 5.95. The van der Waals surface area contributed by atoms with E-state index in [0.717, 1.165) is 28.1 Å². The molecular weight excluding hydrogens is 250 g/mol. The van der Waals surface area contributed by atoms with Crippen molar-refractivity contribution < 1.29 is 4.52 Å². The largest absolute Gasteiger partial charge is 0.367 e. The molecule has 0 spiro atoms. The lowest BCUT2D eigenvalue weighted by Crippen LogP contribution is -1.89. The molecule has 1 aromatic carbocycles. The number of hydrogen-bond donors (Lipinski definition) is 1. The Morgan fingerprint density at radius 2 is 1.90 bits per heavy atom. The number of nitrogens with zero attached hydrogens (tertiary/aromatic N) is 2. The van der Waals surface area contributed by atoms with Crippen molar-refractivity contribution in [2.24, 2.45) is 0 Å². The first-order valence-corrected chi connectivity index (χ1v) is 6.40. The molecule has 0 aliphatic rings. The van der Waals surface area contributed by atoms with Gasteiger partial charge in [-0.3, -0.25) is 4.98 Å². The molecular formula is C16H15N3O. The predicted molar refractivity (Wildman–Crippen MR) is 79.1 cm³/mol. The first-order valence-electron chi connectivity index (χ1n) is 6.40. The van der Waals surface area contributed by atoms with Gasteiger partial charge in [-0.1, -0.05) is 35.0 Å². The van der Waals surface area contributed by atoms with Crippen LogP contribution in [0.15, 0.2) is 47.1 Å². The highest BCUT2D eigenvalue weighted by Gasteiger charge is 2.17. The molecule has 2 aromatic heterocycles. The molecule has 0 radical (unpaired) electrons. The number of benzene rings is 1. The highest BCUT2D eigenvalue weighted by Crippen LogP contribution is 2.36. The molecule has 2 N–H and O–H groups in total. The van der Waals surface area contributed by atoms with Gasteiger partial charge in [0.05, 0.1) is 5.56 Å². The van der Waals surface area contributed by atoms with Crippen LogP contribution in [0.1, 0.15) is 11.3 Å². The van der Waals surface area contributed by atoms with Gasteiger partial charge in [0.15, 0.2) is 0 Å². The van der Waals surface area contributed by atoms with E-state index in [1.54, 1.807) is 6.20 Å². The van der Waals surface area contributed by atoms with E-state index in [1.807, 2.05) is 44.2 Å². The van der Waals surface area contributed by atoms with Crippen LogP contribution in [0.5, 0.6) is 0 Å². The number of nitrogen functional groups attached to an aromatic ring is 1. The second-order valence-electron chi connectivity index (χ2n) is 4.83. The van der Waals surface area contributed by atoms with E-state index in [0.29, 0.717) is 5.88 Å². The first-order chi connectivity index (χ1) is 9.65. The fourth-order valence-electron chi connectivity index (χ4n) is 2.27. The van der Waals surface area contributed by atoms with Gasteiger partial charge in [-0.2, -0.15) is 0 Å². The van der Waals surface area contributed by atoms with Crippen LogP contribution in [0.3, 0.4) is 0 Å². The first kappa shape index (κ1) is 12.4. The zero-order valence-corrected chi connectivity index (χ0v) is 11.4. The molecule has 0 atom stereocenters. The summed E-state index contributed by atoms with van der Waals surface area (Å²) in [5, 5.41) is 4.11. The van der Waals surface area contributed by atoms with Crippen LogP contribution in [0, 0.1) is 13.8 Å². The van der Waals surface area contributed by atoms with Crippen LogP contribution in [-0.4, -0.2) is 10.1 Å². The number of hydrogen-bond acceptors (Lipinski definition) is 4. The van der Waals surface area contributed by atoms with E-state index in [9.17, 15) is 0 Å². The maximum Gasteiger partial charge on any atom is 0.230 e. The summed E-state index contributed by atoms with van der Waals surface area (Å²) < 4.78 is 5.19. The van der Waals surface area contributed by atoms with Crippen molar-refractivity contribution in [1.29, 1.82) is 0 Å². The number of pyridine rings is 1. The lowest BCUT2D eigenvalue weighted by Gasteiger charge is -2.04. The van der Waals surface area contributed by atoms with Gasteiger partial charge in [0.25, 0.3) is 0 Å². The van der Waals surface area contributed by atoms with E-state index in [2.05, 4.69) is 16.2 Å². The van der Waals surface area contributed by atoms with Crippen molar-refractivity contribution in [2.45, 2.75) is 13.8 Å². The molecule has 0 amide bonds. The topological polar surface area (TPSA) is 64.9 Å². The quantitative estimate of drug-likeness (QED) is 0.768. The number of nitrogens with two attached hydrogens (primary N) is 1. The zero-order chi connectivity index (χ0) is 14.1. The Morgan fingerprint density at radius 3 is 2.65 bits per heavy atom. The van der Waals surface area contributed by atoms with Crippen LogP contribution in [0.2, 0.25) is 0 Å². The zero-order valence-electron chi connectivity index (χ0n) is 11.4. The predicted octanol–water partition coefficient (Wildman–Crippen LogP) is 3.60. The van der Waals surface area contributed by atoms with Gasteiger partial charge in [0.2, 0.25) is 5.88 Å². The number of aryl methyl sites for hydroxylation is 2. The SMILES string of the molecule is Cc1cccc(-c2c(-c3ccnc(C)c3)noc2N)c1. The van der Waals surface area contributed by atoms with Crippen molar-refractivity contribution in [1.82, 2.24) is 10.1 Å². The van der Waals surface area contributed by atoms with Crippen LogP contribution in [0.4, 0.5) is 5.88 Å². The Hall–Kier alpha value is -2.62. The van der Waals surface area contributed by atoms with E-state index >= 15 is 0 Å². The maximum atomic E-state index is 5.95. The van der Waals surface area contributed by atoms with E-state index in [4.69, 9.17) is 10.3 Å². The van der Waals surface area contributed by atoms with Crippen LogP contribution < -0.4 is 5.73 Å². The molecule has 20 heavy (non-hydrogen) atoms. The normalized spacial score (nSPS) is 10.7. The molecule has 0 saturated carbocycles. The van der Waals surface area contributed by atoms with E-state index in [-0.39, 0.29) is 0 Å². The fourth-order valence-corrected chi connectivity index (χ4v) is 2.27. The number of anilines is 1. The van der Waals surface area contributed by atoms with Gasteiger partial charge in [-0.25, -0.2) is 0 Å². The Morgan fingerprint density at radius 1 is 1.05 bits per heavy atom. The van der Waals surface area contributed by atoms with E-state index in [1.165, 1.54) is 5.56 Å². The Labute approximate surface area is 117 Å². The monoisotopic (exact) mass is 265 g/mol. The number of aromatic nitrogens is 2. The summed E-state index contributed by atoms with van der Waals surface area (Å²) in [7, 11) is 0. The molecule has 0 unspecified atom stereocenters. The van der Waals surface area contributed by atoms with Crippen LogP contribution in [0.25, 0.3) is 22.4 Å². The van der Waals surface area contributed by atoms with Gasteiger partial charge in [-0.15, -0.1) is 0 Å². The van der Waals surface area contributed by atoms with Gasteiger partial charge >= 0.3 is 0 Å². The lowest BCUT2D eigenvalue weighted by molar-refractivity contribution is 0.439. The van der Waals surface area contributed by atoms with Gasteiger partial charge in [0, 0.05) is 17.5 Å². The summed E-state index contributed by atoms with van der Waals surface area (Å²) in [5.74, 6) is 0.333. The average molecular weight is 265 g/mol. The minimum atomic E-state index is 0.333. The Kier molecular flexibility index (Phi) is 2.99. The minimum absolute atomic E-state index is 0.333. The molecule has 4 nitrogen and oxygen atoms in total. The molecule has 100 valence electrons. The highest BCUT2D eigenvalue weighted by atomic mass is 16.5. The summed E-state index contributed by atoms with van der Waals surface area (Å²) >= 11 is 0. The van der Waals surface area contributed by atoms with Crippen molar-refractivity contribution >= 4 is 5.88 Å². The highest BCUT2D eigenvalue weighted by molar-refractivity contribution is 5.86. The second kappa shape index (κ2) is 4.81. The summed E-state index contributed by atoms with van der Waals surface area (Å²) in [5.41, 5.74) is 11.6. The molecule has 2 heterocycles. The Bertz CT molecular complexity index is 762. The molecule has 3 rings (SSSR count). The second-order valence-corrected chi connectivity index (χ2v) is 4.83. The third-order valence-corrected chi connectivity index (χ3v) is 3.20. The molecule has 0 aliphatic carbocycles. The van der Waals surface area contributed by atoms with Crippen molar-refractivity contribution in [3.8, 4) is 22.4 Å². The smallest absolute Gasteiger partial charge is 0.230 e. The molecule has 0 aliphatic heterocycles. The Balaban J connectivity index is 2.20. The van der Waals surface area contributed by atoms with Crippen molar-refractivity contribution in [3.63, 3.8) is 0 Å². The summed E-state index contributed by atoms with van der Waals surface area (Å²) in [4.78, 5) is 4.20. The van der Waals surface area contributed by atoms with Crippen molar-refractivity contribution in [2.75, 3.05) is 5.73 Å². The van der Waals surface area contributed by atoms with Gasteiger partial charge in [0.1, 0.15) is 5.69 Å². The van der Waals surface area contributed by atoms with Crippen LogP contribution >= 0.6 is 0 Å². The molecule has 0 bridgehead atoms. The summed E-state index contributed by atoms with van der Waals surface area (Å²) in [6.07, 6.45) is 1.76. The molecule has 3 aromatic rings.